The highest BCUT2D eigenvalue weighted by Crippen LogP contribution is 2.44. The summed E-state index contributed by atoms with van der Waals surface area (Å²) in [6.07, 6.45) is 12.6. The summed E-state index contributed by atoms with van der Waals surface area (Å²) < 4.78 is 12.2. The Labute approximate surface area is 214 Å². The van der Waals surface area contributed by atoms with E-state index in [1.807, 2.05) is 50.2 Å². The van der Waals surface area contributed by atoms with E-state index in [1.54, 1.807) is 0 Å². The monoisotopic (exact) mass is 486 g/mol. The molecule has 0 atom stereocenters. The largest absolute Gasteiger partial charge is 0.425 e. The van der Waals surface area contributed by atoms with Crippen LogP contribution in [0.2, 0.25) is 0 Å². The summed E-state index contributed by atoms with van der Waals surface area (Å²) in [6, 6.07) is 12.1. The van der Waals surface area contributed by atoms with Crippen molar-refractivity contribution in [3.05, 3.63) is 47.5 Å². The maximum atomic E-state index is 13.0. The normalized spacial score (nSPS) is 16.7. The van der Waals surface area contributed by atoms with Crippen molar-refractivity contribution in [3.63, 3.8) is 0 Å². The molecular formula is C32H38O4. The Morgan fingerprint density at radius 2 is 1.03 bits per heavy atom. The van der Waals surface area contributed by atoms with E-state index in [2.05, 4.69) is 0 Å². The molecule has 5 rings (SSSR count). The van der Waals surface area contributed by atoms with Gasteiger partial charge in [0.25, 0.3) is 0 Å². The molecule has 4 nitrogen and oxygen atoms in total. The first-order chi connectivity index (χ1) is 17.5. The predicted octanol–water partition coefficient (Wildman–Crippen LogP) is 8.36. The van der Waals surface area contributed by atoms with E-state index in [1.165, 1.54) is 51.4 Å². The van der Waals surface area contributed by atoms with Crippen LogP contribution in [-0.2, 0) is 9.59 Å². The molecule has 0 bridgehead atoms. The first-order valence-corrected chi connectivity index (χ1v) is 13.9. The number of carbonyl (C=O) groups excluding carboxylic acids is 2. The summed E-state index contributed by atoms with van der Waals surface area (Å²) in [4.78, 5) is 25.9. The first-order valence-electron chi connectivity index (χ1n) is 13.9. The van der Waals surface area contributed by atoms with Gasteiger partial charge in [0.15, 0.2) is 0 Å². The van der Waals surface area contributed by atoms with Crippen molar-refractivity contribution in [2.45, 2.75) is 90.9 Å². The Balaban J connectivity index is 1.48. The summed E-state index contributed by atoms with van der Waals surface area (Å²) in [5.74, 6) is 2.06. The SMILES string of the molecule is Cc1ccc2c(OC(=O)CCC3CCCC3)c3cc(C)ccc3c(OC(=O)CCC3CCCC3)c2c1. The van der Waals surface area contributed by atoms with E-state index in [9.17, 15) is 9.59 Å². The molecule has 0 aromatic heterocycles. The number of hydrogen-bond donors (Lipinski definition) is 0. The van der Waals surface area contributed by atoms with Crippen LogP contribution in [0.15, 0.2) is 36.4 Å². The van der Waals surface area contributed by atoms with E-state index >= 15 is 0 Å². The van der Waals surface area contributed by atoms with Gasteiger partial charge in [-0.1, -0.05) is 86.8 Å². The molecule has 0 N–H and O–H groups in total. The van der Waals surface area contributed by atoms with Crippen molar-refractivity contribution < 1.29 is 19.1 Å². The summed E-state index contributed by atoms with van der Waals surface area (Å²) in [5, 5.41) is 3.26. The third-order valence-electron chi connectivity index (χ3n) is 8.22. The van der Waals surface area contributed by atoms with Crippen LogP contribution < -0.4 is 9.47 Å². The second-order valence-electron chi connectivity index (χ2n) is 11.1. The van der Waals surface area contributed by atoms with Gasteiger partial charge in [-0.25, -0.2) is 0 Å². The third kappa shape index (κ3) is 5.58. The van der Waals surface area contributed by atoms with Gasteiger partial charge in [-0.15, -0.1) is 0 Å². The fourth-order valence-electron chi connectivity index (χ4n) is 6.17. The van der Waals surface area contributed by atoms with Gasteiger partial charge >= 0.3 is 11.9 Å². The van der Waals surface area contributed by atoms with Gasteiger partial charge in [-0.2, -0.15) is 0 Å². The van der Waals surface area contributed by atoms with Crippen LogP contribution in [0.4, 0.5) is 0 Å². The summed E-state index contributed by atoms with van der Waals surface area (Å²) in [5.41, 5.74) is 2.13. The Morgan fingerprint density at radius 1 is 0.639 bits per heavy atom. The number of esters is 2. The highest BCUT2D eigenvalue weighted by atomic mass is 16.5. The predicted molar refractivity (Wildman–Crippen MR) is 145 cm³/mol. The molecule has 0 amide bonds. The topological polar surface area (TPSA) is 52.6 Å². The number of benzene rings is 3. The maximum Gasteiger partial charge on any atom is 0.311 e. The molecule has 2 aliphatic carbocycles. The zero-order chi connectivity index (χ0) is 25.1. The van der Waals surface area contributed by atoms with Crippen molar-refractivity contribution in [2.24, 2.45) is 11.8 Å². The lowest BCUT2D eigenvalue weighted by Crippen LogP contribution is -2.12. The molecule has 0 unspecified atom stereocenters. The minimum Gasteiger partial charge on any atom is -0.425 e. The Hall–Kier alpha value is -2.88. The van der Waals surface area contributed by atoms with Gasteiger partial charge in [0, 0.05) is 34.4 Å². The standard InChI is InChI=1S/C32H38O4/c1-21-11-15-25-27(19-21)31(35-29(33)17-13-23-7-3-4-8-23)26-16-12-22(2)20-28(26)32(25)36-30(34)18-14-24-9-5-6-10-24/h11-12,15-16,19-20,23-24H,3-10,13-14,17-18H2,1-2H3. The van der Waals surface area contributed by atoms with Gasteiger partial charge in [-0.3, -0.25) is 9.59 Å². The van der Waals surface area contributed by atoms with Crippen LogP contribution in [0.5, 0.6) is 11.5 Å². The Bertz CT molecular complexity index is 1160. The van der Waals surface area contributed by atoms with Crippen molar-refractivity contribution in [1.29, 1.82) is 0 Å². The zero-order valence-electron chi connectivity index (χ0n) is 21.7. The number of hydrogen-bond acceptors (Lipinski definition) is 4. The van der Waals surface area contributed by atoms with E-state index in [4.69, 9.17) is 9.47 Å². The molecular weight excluding hydrogens is 448 g/mol. The number of ether oxygens (including phenoxy) is 2. The molecule has 0 aliphatic heterocycles. The molecule has 4 heteroatoms. The second kappa shape index (κ2) is 11.0. The average Bonchev–Trinajstić information content (AvgIpc) is 3.58. The van der Waals surface area contributed by atoms with Crippen LogP contribution in [0.1, 0.15) is 88.2 Å². The van der Waals surface area contributed by atoms with Gasteiger partial charge in [0.05, 0.1) is 0 Å². The molecule has 0 heterocycles. The number of fused-ring (bicyclic) bond motifs is 2. The smallest absolute Gasteiger partial charge is 0.311 e. The lowest BCUT2D eigenvalue weighted by Gasteiger charge is -2.18. The lowest BCUT2D eigenvalue weighted by atomic mass is 9.97. The minimum atomic E-state index is -0.187. The quantitative estimate of drug-likeness (QED) is 0.182. The van der Waals surface area contributed by atoms with Crippen molar-refractivity contribution in [2.75, 3.05) is 0 Å². The van der Waals surface area contributed by atoms with Crippen LogP contribution in [0, 0.1) is 25.7 Å². The molecule has 0 saturated heterocycles. The van der Waals surface area contributed by atoms with E-state index in [-0.39, 0.29) is 11.9 Å². The molecule has 3 aromatic carbocycles. The fraction of sp³-hybridized carbons (Fsp3) is 0.500. The Kier molecular flexibility index (Phi) is 7.59. The van der Waals surface area contributed by atoms with Crippen LogP contribution >= 0.6 is 0 Å². The maximum absolute atomic E-state index is 13.0. The molecule has 2 saturated carbocycles. The molecule has 36 heavy (non-hydrogen) atoms. The van der Waals surface area contributed by atoms with E-state index < -0.39 is 0 Å². The summed E-state index contributed by atoms with van der Waals surface area (Å²) >= 11 is 0. The Morgan fingerprint density at radius 3 is 1.42 bits per heavy atom. The summed E-state index contributed by atoms with van der Waals surface area (Å²) in [6.45, 7) is 4.05. The van der Waals surface area contributed by atoms with Gasteiger partial charge in [-0.05, 0) is 50.7 Å². The van der Waals surface area contributed by atoms with Crippen molar-refractivity contribution in [3.8, 4) is 11.5 Å². The minimum absolute atomic E-state index is 0.187. The highest BCUT2D eigenvalue weighted by molar-refractivity contribution is 6.13. The molecule has 3 aromatic rings. The van der Waals surface area contributed by atoms with E-state index in [0.717, 1.165) is 45.5 Å². The number of aryl methyl sites for hydroxylation is 2. The molecule has 190 valence electrons. The zero-order valence-corrected chi connectivity index (χ0v) is 21.7. The number of rotatable bonds is 8. The molecule has 2 aliphatic rings. The van der Waals surface area contributed by atoms with Gasteiger partial charge in [0.1, 0.15) is 11.5 Å². The molecule has 2 fully saturated rings. The third-order valence-corrected chi connectivity index (χ3v) is 8.22. The van der Waals surface area contributed by atoms with E-state index in [0.29, 0.717) is 36.2 Å². The van der Waals surface area contributed by atoms with Crippen LogP contribution in [0.25, 0.3) is 21.5 Å². The van der Waals surface area contributed by atoms with Crippen molar-refractivity contribution in [1.82, 2.24) is 0 Å². The molecule has 0 spiro atoms. The average molecular weight is 487 g/mol. The second-order valence-corrected chi connectivity index (χ2v) is 11.1. The summed E-state index contributed by atoms with van der Waals surface area (Å²) in [7, 11) is 0. The van der Waals surface area contributed by atoms with Crippen LogP contribution in [0.3, 0.4) is 0 Å². The highest BCUT2D eigenvalue weighted by Gasteiger charge is 2.23. The lowest BCUT2D eigenvalue weighted by molar-refractivity contribution is -0.135. The fourth-order valence-corrected chi connectivity index (χ4v) is 6.17. The molecule has 0 radical (unpaired) electrons. The van der Waals surface area contributed by atoms with Gasteiger partial charge in [0.2, 0.25) is 0 Å². The first kappa shape index (κ1) is 24.8. The van der Waals surface area contributed by atoms with Gasteiger partial charge < -0.3 is 9.47 Å². The van der Waals surface area contributed by atoms with Crippen molar-refractivity contribution >= 4 is 33.5 Å². The number of carbonyl (C=O) groups is 2. The van der Waals surface area contributed by atoms with Crippen LogP contribution in [-0.4, -0.2) is 11.9 Å².